The number of likely N-dealkylation sites (tertiary alicyclic amines) is 1. The molecule has 2 saturated heterocycles. The summed E-state index contributed by atoms with van der Waals surface area (Å²) in [5.41, 5.74) is 1.99. The first-order chi connectivity index (χ1) is 20.3. The fraction of sp³-hybridized carbons (Fsp3) is 0.281. The van der Waals surface area contributed by atoms with Gasteiger partial charge in [0.2, 0.25) is 17.7 Å². The molecule has 3 amide bonds. The molecular weight excluding hydrogens is 539 g/mol. The molecular formula is C32H29FN4O5. The molecule has 4 heterocycles. The van der Waals surface area contributed by atoms with Crippen molar-refractivity contribution in [2.24, 2.45) is 11.8 Å². The van der Waals surface area contributed by atoms with Crippen LogP contribution in [0, 0.1) is 17.7 Å². The number of ether oxygens (including phenoxy) is 2. The van der Waals surface area contributed by atoms with E-state index < -0.39 is 41.0 Å². The molecule has 1 spiro atoms. The van der Waals surface area contributed by atoms with E-state index in [1.54, 1.807) is 20.3 Å². The number of rotatable bonds is 7. The monoisotopic (exact) mass is 568 g/mol. The molecule has 3 aliphatic heterocycles. The van der Waals surface area contributed by atoms with Crippen molar-refractivity contribution < 1.29 is 28.2 Å². The molecule has 42 heavy (non-hydrogen) atoms. The molecule has 0 aliphatic carbocycles. The molecule has 7 rings (SSSR count). The van der Waals surface area contributed by atoms with Crippen LogP contribution in [-0.4, -0.2) is 54.4 Å². The molecule has 0 unspecified atom stereocenters. The number of nitrogens with zero attached hydrogens (tertiary/aromatic N) is 1. The number of hydrogen-bond donors (Lipinski definition) is 3. The number of aromatic nitrogens is 1. The Balaban J connectivity index is 1.26. The van der Waals surface area contributed by atoms with Gasteiger partial charge in [0, 0.05) is 40.9 Å². The number of hydrogen-bond acceptors (Lipinski definition) is 6. The summed E-state index contributed by atoms with van der Waals surface area (Å²) < 4.78 is 25.3. The minimum absolute atomic E-state index is 0.133. The average Bonchev–Trinajstić information content (AvgIpc) is 3.71. The van der Waals surface area contributed by atoms with Crippen molar-refractivity contribution in [2.75, 3.05) is 26.1 Å². The molecule has 3 N–H and O–H groups in total. The summed E-state index contributed by atoms with van der Waals surface area (Å²) in [6.45, 7) is 0.133. The van der Waals surface area contributed by atoms with Crippen molar-refractivity contribution in [3.63, 3.8) is 0 Å². The zero-order valence-electron chi connectivity index (χ0n) is 23.1. The molecule has 9 nitrogen and oxygen atoms in total. The summed E-state index contributed by atoms with van der Waals surface area (Å²) >= 11 is 0. The maximum absolute atomic E-state index is 14.6. The normalized spacial score (nSPS) is 24.4. The Bertz CT molecular complexity index is 1770. The van der Waals surface area contributed by atoms with Gasteiger partial charge in [0.15, 0.2) is 11.5 Å². The summed E-state index contributed by atoms with van der Waals surface area (Å²) in [6.07, 6.45) is 2.68. The van der Waals surface area contributed by atoms with Crippen LogP contribution >= 0.6 is 0 Å². The molecule has 214 valence electrons. The number of halogens is 1. The molecule has 0 radical (unpaired) electrons. The number of imide groups is 1. The standard InChI is InChI=1S/C32H29FN4O5/c1-41-25-10-7-17(13-26(25)42-2)11-12-37-29(38)27-24(14-18-16-34-22-6-4-3-5-20(18)22)36-32(28(27)30(37)39)21-15-19(33)8-9-23(21)35-31(32)40/h3-10,13,15-16,24,27-28,34,36H,11-12,14H2,1-2H3,(H,35,40)/t24-,27-,28-,32+/m0/s1. The van der Waals surface area contributed by atoms with E-state index in [1.807, 2.05) is 42.6 Å². The van der Waals surface area contributed by atoms with Gasteiger partial charge in [-0.15, -0.1) is 0 Å². The Morgan fingerprint density at radius 2 is 1.76 bits per heavy atom. The lowest BCUT2D eigenvalue weighted by atomic mass is 9.76. The number of anilines is 1. The zero-order valence-corrected chi connectivity index (χ0v) is 23.1. The highest BCUT2D eigenvalue weighted by Crippen LogP contribution is 2.53. The number of carbonyl (C=O) groups is 3. The lowest BCUT2D eigenvalue weighted by Gasteiger charge is -2.29. The first-order valence-corrected chi connectivity index (χ1v) is 13.9. The molecule has 1 aromatic heterocycles. The third kappa shape index (κ3) is 3.75. The van der Waals surface area contributed by atoms with Crippen molar-refractivity contribution in [3.8, 4) is 11.5 Å². The number of nitrogens with one attached hydrogen (secondary N) is 3. The Morgan fingerprint density at radius 1 is 0.952 bits per heavy atom. The van der Waals surface area contributed by atoms with Gasteiger partial charge in [0.25, 0.3) is 0 Å². The third-order valence-corrected chi connectivity index (χ3v) is 8.96. The molecule has 0 saturated carbocycles. The van der Waals surface area contributed by atoms with Gasteiger partial charge in [0.1, 0.15) is 11.4 Å². The van der Waals surface area contributed by atoms with Crippen LogP contribution in [0.3, 0.4) is 0 Å². The van der Waals surface area contributed by atoms with E-state index in [2.05, 4.69) is 15.6 Å². The zero-order chi connectivity index (χ0) is 29.2. The van der Waals surface area contributed by atoms with Gasteiger partial charge in [-0.05, 0) is 60.4 Å². The second-order valence-corrected chi connectivity index (χ2v) is 11.0. The first-order valence-electron chi connectivity index (χ1n) is 13.9. The van der Waals surface area contributed by atoms with Crippen LogP contribution < -0.4 is 20.1 Å². The Morgan fingerprint density at radius 3 is 2.57 bits per heavy atom. The molecule has 10 heteroatoms. The molecule has 4 atom stereocenters. The van der Waals surface area contributed by atoms with Crippen molar-refractivity contribution in [1.29, 1.82) is 0 Å². The van der Waals surface area contributed by atoms with E-state index in [9.17, 15) is 18.8 Å². The minimum atomic E-state index is -1.57. The summed E-state index contributed by atoms with van der Waals surface area (Å²) in [4.78, 5) is 46.5. The van der Waals surface area contributed by atoms with Crippen LogP contribution in [-0.2, 0) is 32.8 Å². The highest BCUT2D eigenvalue weighted by molar-refractivity contribution is 6.15. The van der Waals surface area contributed by atoms with Gasteiger partial charge in [-0.1, -0.05) is 24.3 Å². The number of methoxy groups -OCH3 is 2. The number of amides is 3. The topological polar surface area (TPSA) is 113 Å². The van der Waals surface area contributed by atoms with Gasteiger partial charge in [-0.2, -0.15) is 0 Å². The maximum atomic E-state index is 14.6. The summed E-state index contributed by atoms with van der Waals surface area (Å²) in [5, 5.41) is 7.23. The predicted octanol–water partition coefficient (Wildman–Crippen LogP) is 3.53. The van der Waals surface area contributed by atoms with E-state index >= 15 is 0 Å². The van der Waals surface area contributed by atoms with Crippen molar-refractivity contribution >= 4 is 34.3 Å². The maximum Gasteiger partial charge on any atom is 0.250 e. The molecule has 3 aromatic carbocycles. The van der Waals surface area contributed by atoms with Crippen molar-refractivity contribution in [2.45, 2.75) is 24.4 Å². The van der Waals surface area contributed by atoms with Crippen LogP contribution in [0.25, 0.3) is 10.9 Å². The van der Waals surface area contributed by atoms with E-state index in [1.165, 1.54) is 23.1 Å². The van der Waals surface area contributed by atoms with E-state index in [-0.39, 0.29) is 12.5 Å². The number of para-hydroxylation sites is 1. The van der Waals surface area contributed by atoms with E-state index in [0.29, 0.717) is 35.6 Å². The van der Waals surface area contributed by atoms with Crippen LogP contribution in [0.5, 0.6) is 11.5 Å². The van der Waals surface area contributed by atoms with Gasteiger partial charge < -0.3 is 19.8 Å². The van der Waals surface area contributed by atoms with E-state index in [0.717, 1.165) is 22.0 Å². The first kappa shape index (κ1) is 26.2. The number of aromatic amines is 1. The van der Waals surface area contributed by atoms with E-state index in [4.69, 9.17) is 9.47 Å². The largest absolute Gasteiger partial charge is 0.493 e. The third-order valence-electron chi connectivity index (χ3n) is 8.96. The molecule has 0 bridgehead atoms. The summed E-state index contributed by atoms with van der Waals surface area (Å²) in [5.74, 6) is -2.45. The number of fused-ring (bicyclic) bond motifs is 5. The minimum Gasteiger partial charge on any atom is -0.493 e. The molecule has 4 aromatic rings. The quantitative estimate of drug-likeness (QED) is 0.294. The van der Waals surface area contributed by atoms with Crippen LogP contribution in [0.4, 0.5) is 10.1 Å². The molecule has 2 fully saturated rings. The Kier molecular flexibility index (Phi) is 6.05. The lowest BCUT2D eigenvalue weighted by Crippen LogP contribution is -2.53. The SMILES string of the molecule is COc1ccc(CCN2C(=O)[C@H]3[C@H](Cc4c[nH]c5ccccc45)N[C@@]4(C(=O)Nc5ccc(F)cc54)[C@@H]3C2=O)cc1OC. The van der Waals surface area contributed by atoms with Gasteiger partial charge in [-0.3, -0.25) is 24.6 Å². The Hall–Kier alpha value is -4.70. The lowest BCUT2D eigenvalue weighted by molar-refractivity contribution is -0.142. The average molecular weight is 569 g/mol. The summed E-state index contributed by atoms with van der Waals surface area (Å²) in [7, 11) is 3.10. The van der Waals surface area contributed by atoms with Crippen LogP contribution in [0.2, 0.25) is 0 Å². The Labute approximate surface area is 241 Å². The number of carbonyl (C=O) groups excluding carboxylic acids is 3. The molecule has 3 aliphatic rings. The summed E-state index contributed by atoms with van der Waals surface area (Å²) in [6, 6.07) is 16.8. The smallest absolute Gasteiger partial charge is 0.250 e. The highest BCUT2D eigenvalue weighted by atomic mass is 19.1. The number of H-pyrrole nitrogens is 1. The van der Waals surface area contributed by atoms with Crippen LogP contribution in [0.1, 0.15) is 16.7 Å². The highest BCUT2D eigenvalue weighted by Gasteiger charge is 2.70. The van der Waals surface area contributed by atoms with Gasteiger partial charge in [0.05, 0.1) is 26.1 Å². The van der Waals surface area contributed by atoms with Crippen molar-refractivity contribution in [3.05, 3.63) is 89.4 Å². The van der Waals surface area contributed by atoms with Crippen molar-refractivity contribution in [1.82, 2.24) is 15.2 Å². The fourth-order valence-corrected chi connectivity index (χ4v) is 7.04. The number of benzene rings is 3. The van der Waals surface area contributed by atoms with Gasteiger partial charge in [-0.25, -0.2) is 4.39 Å². The van der Waals surface area contributed by atoms with Gasteiger partial charge >= 0.3 is 0 Å². The second kappa shape index (κ2) is 9.70. The van der Waals surface area contributed by atoms with Crippen LogP contribution in [0.15, 0.2) is 66.9 Å². The second-order valence-electron chi connectivity index (χ2n) is 11.0. The predicted molar refractivity (Wildman–Crippen MR) is 153 cm³/mol. The fourth-order valence-electron chi connectivity index (χ4n) is 7.04.